The number of hydrogen-bond donors (Lipinski definition) is 1. The van der Waals surface area contributed by atoms with E-state index in [4.69, 9.17) is 9.47 Å². The van der Waals surface area contributed by atoms with Crippen molar-refractivity contribution in [1.82, 2.24) is 0 Å². The van der Waals surface area contributed by atoms with Crippen molar-refractivity contribution < 1.29 is 19.4 Å². The molecule has 1 aromatic carbocycles. The molecular formula is C16H25NO4. The summed E-state index contributed by atoms with van der Waals surface area (Å²) in [5, 5.41) is 9.36. The molecule has 1 aromatic rings. The van der Waals surface area contributed by atoms with Crippen LogP contribution in [-0.4, -0.2) is 50.6 Å². The number of benzene rings is 1. The summed E-state index contributed by atoms with van der Waals surface area (Å²) in [6, 6.07) is 5.37. The van der Waals surface area contributed by atoms with E-state index in [0.717, 1.165) is 11.3 Å². The van der Waals surface area contributed by atoms with Crippen LogP contribution in [0.25, 0.3) is 0 Å². The van der Waals surface area contributed by atoms with Crippen molar-refractivity contribution in [3.05, 3.63) is 29.3 Å². The normalized spacial score (nSPS) is 10.6. The van der Waals surface area contributed by atoms with Gasteiger partial charge >= 0.3 is 5.97 Å². The number of carboxylic acid groups (broad SMARTS) is 1. The molecule has 0 saturated carbocycles. The minimum absolute atomic E-state index is 0.314. The first-order valence-electron chi connectivity index (χ1n) is 7.34. The van der Waals surface area contributed by atoms with E-state index >= 15 is 0 Å². The van der Waals surface area contributed by atoms with E-state index in [2.05, 4.69) is 0 Å². The number of anilines is 1. The van der Waals surface area contributed by atoms with Gasteiger partial charge in [0, 0.05) is 26.3 Å². The number of carbonyl (C=O) groups is 1. The van der Waals surface area contributed by atoms with Gasteiger partial charge in [0.05, 0.1) is 24.5 Å². The monoisotopic (exact) mass is 295 g/mol. The highest BCUT2D eigenvalue weighted by molar-refractivity contribution is 5.94. The molecule has 0 bridgehead atoms. The fourth-order valence-corrected chi connectivity index (χ4v) is 2.08. The smallest absolute Gasteiger partial charge is 0.337 e. The molecular weight excluding hydrogens is 270 g/mol. The van der Waals surface area contributed by atoms with Crippen molar-refractivity contribution in [3.8, 4) is 0 Å². The van der Waals surface area contributed by atoms with Crippen molar-refractivity contribution in [2.45, 2.75) is 20.8 Å². The van der Waals surface area contributed by atoms with Crippen molar-refractivity contribution in [2.24, 2.45) is 0 Å². The first-order valence-corrected chi connectivity index (χ1v) is 7.34. The molecule has 0 aliphatic rings. The van der Waals surface area contributed by atoms with Crippen LogP contribution < -0.4 is 4.90 Å². The highest BCUT2D eigenvalue weighted by Gasteiger charge is 2.16. The minimum Gasteiger partial charge on any atom is -0.478 e. The lowest BCUT2D eigenvalue weighted by molar-refractivity contribution is 0.0697. The fourth-order valence-electron chi connectivity index (χ4n) is 2.08. The SMILES string of the molecule is CCOCCN(CCOCC)c1cc(C)ccc1C(=O)O. The molecule has 1 N–H and O–H groups in total. The van der Waals surface area contributed by atoms with Crippen molar-refractivity contribution in [1.29, 1.82) is 0 Å². The van der Waals surface area contributed by atoms with E-state index < -0.39 is 5.97 Å². The number of rotatable bonds is 10. The van der Waals surface area contributed by atoms with Gasteiger partial charge < -0.3 is 19.5 Å². The summed E-state index contributed by atoms with van der Waals surface area (Å²) in [6.07, 6.45) is 0. The maximum absolute atomic E-state index is 11.4. The van der Waals surface area contributed by atoms with Crippen LogP contribution in [0.3, 0.4) is 0 Å². The lowest BCUT2D eigenvalue weighted by Gasteiger charge is -2.26. The molecule has 0 saturated heterocycles. The summed E-state index contributed by atoms with van der Waals surface area (Å²) in [5.41, 5.74) is 2.07. The van der Waals surface area contributed by atoms with Gasteiger partial charge in [-0.05, 0) is 38.5 Å². The number of nitrogens with zero attached hydrogens (tertiary/aromatic N) is 1. The van der Waals surface area contributed by atoms with Crippen LogP contribution in [0.5, 0.6) is 0 Å². The Hall–Kier alpha value is -1.59. The summed E-state index contributed by atoms with van der Waals surface area (Å²) >= 11 is 0. The second-order valence-electron chi connectivity index (χ2n) is 4.71. The molecule has 0 heterocycles. The molecule has 0 amide bonds. The predicted molar refractivity (Wildman–Crippen MR) is 83.3 cm³/mol. The third-order valence-corrected chi connectivity index (χ3v) is 3.14. The second-order valence-corrected chi connectivity index (χ2v) is 4.71. The Morgan fingerprint density at radius 3 is 2.19 bits per heavy atom. The van der Waals surface area contributed by atoms with Gasteiger partial charge in [-0.2, -0.15) is 0 Å². The van der Waals surface area contributed by atoms with E-state index in [1.165, 1.54) is 0 Å². The van der Waals surface area contributed by atoms with Crippen LogP contribution >= 0.6 is 0 Å². The largest absolute Gasteiger partial charge is 0.478 e. The molecule has 5 nitrogen and oxygen atoms in total. The summed E-state index contributed by atoms with van der Waals surface area (Å²) in [4.78, 5) is 13.4. The average Bonchev–Trinajstić information content (AvgIpc) is 2.45. The standard InChI is InChI=1S/C16H25NO4/c1-4-20-10-8-17(9-11-21-5-2)15-12-13(3)6-7-14(15)16(18)19/h6-7,12H,4-5,8-11H2,1-3H3,(H,18,19). The van der Waals surface area contributed by atoms with Gasteiger partial charge in [0.15, 0.2) is 0 Å². The third-order valence-electron chi connectivity index (χ3n) is 3.14. The Morgan fingerprint density at radius 2 is 1.71 bits per heavy atom. The van der Waals surface area contributed by atoms with Gasteiger partial charge in [-0.3, -0.25) is 0 Å². The van der Waals surface area contributed by atoms with Crippen molar-refractivity contribution >= 4 is 11.7 Å². The molecule has 0 fully saturated rings. The predicted octanol–water partition coefficient (Wildman–Crippen LogP) is 2.57. The Morgan fingerprint density at radius 1 is 1.14 bits per heavy atom. The zero-order valence-corrected chi connectivity index (χ0v) is 13.1. The molecule has 0 radical (unpaired) electrons. The Balaban J connectivity index is 2.93. The fraction of sp³-hybridized carbons (Fsp3) is 0.562. The van der Waals surface area contributed by atoms with E-state index in [9.17, 15) is 9.90 Å². The van der Waals surface area contributed by atoms with Crippen LogP contribution in [0.15, 0.2) is 18.2 Å². The number of aryl methyl sites for hydroxylation is 1. The highest BCUT2D eigenvalue weighted by atomic mass is 16.5. The van der Waals surface area contributed by atoms with Gasteiger partial charge in [-0.25, -0.2) is 4.79 Å². The van der Waals surface area contributed by atoms with Crippen LogP contribution in [0.4, 0.5) is 5.69 Å². The first-order chi connectivity index (χ1) is 10.1. The molecule has 0 atom stereocenters. The van der Waals surface area contributed by atoms with Crippen LogP contribution in [0, 0.1) is 6.92 Å². The van der Waals surface area contributed by atoms with Gasteiger partial charge in [-0.1, -0.05) is 6.07 Å². The lowest BCUT2D eigenvalue weighted by atomic mass is 10.1. The minimum atomic E-state index is -0.914. The molecule has 0 aliphatic heterocycles. The van der Waals surface area contributed by atoms with E-state index in [1.54, 1.807) is 6.07 Å². The summed E-state index contributed by atoms with van der Waals surface area (Å²) in [7, 11) is 0. The molecule has 118 valence electrons. The molecule has 0 unspecified atom stereocenters. The third kappa shape index (κ3) is 5.73. The van der Waals surface area contributed by atoms with Crippen LogP contribution in [0.2, 0.25) is 0 Å². The van der Waals surface area contributed by atoms with E-state index in [0.29, 0.717) is 45.1 Å². The molecule has 5 heteroatoms. The van der Waals surface area contributed by atoms with Crippen molar-refractivity contribution in [3.63, 3.8) is 0 Å². The maximum Gasteiger partial charge on any atom is 0.337 e. The van der Waals surface area contributed by atoms with Gasteiger partial charge in [0.2, 0.25) is 0 Å². The lowest BCUT2D eigenvalue weighted by Crippen LogP contribution is -2.32. The molecule has 0 spiro atoms. The summed E-state index contributed by atoms with van der Waals surface area (Å²) < 4.78 is 10.8. The summed E-state index contributed by atoms with van der Waals surface area (Å²) in [6.45, 7) is 9.57. The number of carboxylic acids is 1. The molecule has 0 aliphatic carbocycles. The molecule has 1 rings (SSSR count). The average molecular weight is 295 g/mol. The molecule has 0 aromatic heterocycles. The van der Waals surface area contributed by atoms with Crippen LogP contribution in [0.1, 0.15) is 29.8 Å². The van der Waals surface area contributed by atoms with Crippen molar-refractivity contribution in [2.75, 3.05) is 44.4 Å². The number of hydrogen-bond acceptors (Lipinski definition) is 4. The number of ether oxygens (including phenoxy) is 2. The Labute approximate surface area is 126 Å². The Kier molecular flexibility index (Phi) is 7.79. The first kappa shape index (κ1) is 17.5. The molecule has 21 heavy (non-hydrogen) atoms. The van der Waals surface area contributed by atoms with Crippen LogP contribution in [-0.2, 0) is 9.47 Å². The zero-order chi connectivity index (χ0) is 15.7. The van der Waals surface area contributed by atoms with E-state index in [-0.39, 0.29) is 0 Å². The number of aromatic carboxylic acids is 1. The van der Waals surface area contributed by atoms with Gasteiger partial charge in [0.1, 0.15) is 0 Å². The second kappa shape index (κ2) is 9.37. The van der Waals surface area contributed by atoms with Gasteiger partial charge in [-0.15, -0.1) is 0 Å². The van der Waals surface area contributed by atoms with E-state index in [1.807, 2.05) is 37.8 Å². The zero-order valence-electron chi connectivity index (χ0n) is 13.1. The van der Waals surface area contributed by atoms with Gasteiger partial charge in [0.25, 0.3) is 0 Å². The highest BCUT2D eigenvalue weighted by Crippen LogP contribution is 2.22. The summed E-state index contributed by atoms with van der Waals surface area (Å²) in [5.74, 6) is -0.914. The quantitative estimate of drug-likeness (QED) is 0.672. The maximum atomic E-state index is 11.4. The Bertz CT molecular complexity index is 438. The topological polar surface area (TPSA) is 59.0 Å².